The summed E-state index contributed by atoms with van der Waals surface area (Å²) < 4.78 is 35.9. The van der Waals surface area contributed by atoms with Gasteiger partial charge in [0.05, 0.1) is 0 Å². The Bertz CT molecular complexity index is 205. The number of allylic oxidation sites excluding steroid dienone is 2. The van der Waals surface area contributed by atoms with Crippen molar-refractivity contribution in [1.29, 1.82) is 0 Å². The van der Waals surface area contributed by atoms with Crippen LogP contribution in [0.15, 0.2) is 16.8 Å². The van der Waals surface area contributed by atoms with Gasteiger partial charge in [0.2, 0.25) is 0 Å². The van der Waals surface area contributed by atoms with Gasteiger partial charge < -0.3 is 5.11 Å². The molecule has 0 aliphatic heterocycles. The SMILES string of the molecule is CC/C=C(/O)C(=NC)C(F)(F)F. The van der Waals surface area contributed by atoms with Crippen LogP contribution in [-0.2, 0) is 0 Å². The number of hydrogen-bond donors (Lipinski definition) is 1. The lowest BCUT2D eigenvalue weighted by atomic mass is 10.2. The molecule has 0 spiro atoms. The lowest BCUT2D eigenvalue weighted by Crippen LogP contribution is -2.24. The van der Waals surface area contributed by atoms with Crippen molar-refractivity contribution in [3.8, 4) is 0 Å². The van der Waals surface area contributed by atoms with Crippen molar-refractivity contribution < 1.29 is 18.3 Å². The summed E-state index contributed by atoms with van der Waals surface area (Å²) in [5.74, 6) is -0.812. The first kappa shape index (κ1) is 11.0. The van der Waals surface area contributed by atoms with E-state index in [-0.39, 0.29) is 0 Å². The maximum atomic E-state index is 12.0. The Morgan fingerprint density at radius 2 is 2.00 bits per heavy atom. The third-order valence-electron chi connectivity index (χ3n) is 1.13. The first-order valence-corrected chi connectivity index (χ1v) is 3.37. The predicted octanol–water partition coefficient (Wildman–Crippen LogP) is 2.47. The highest BCUT2D eigenvalue weighted by Gasteiger charge is 2.37. The van der Waals surface area contributed by atoms with Crippen LogP contribution < -0.4 is 0 Å². The summed E-state index contributed by atoms with van der Waals surface area (Å²) in [7, 11) is 0.989. The van der Waals surface area contributed by atoms with E-state index in [1.54, 1.807) is 6.92 Å². The minimum absolute atomic E-state index is 0.334. The van der Waals surface area contributed by atoms with Crippen LogP contribution in [0.5, 0.6) is 0 Å². The molecule has 0 unspecified atom stereocenters. The fourth-order valence-corrected chi connectivity index (χ4v) is 0.677. The van der Waals surface area contributed by atoms with Gasteiger partial charge in [0.15, 0.2) is 5.71 Å². The molecule has 0 aliphatic carbocycles. The Labute approximate surface area is 68.4 Å². The normalized spacial score (nSPS) is 15.1. The topological polar surface area (TPSA) is 32.6 Å². The molecule has 12 heavy (non-hydrogen) atoms. The van der Waals surface area contributed by atoms with E-state index < -0.39 is 17.6 Å². The van der Waals surface area contributed by atoms with E-state index in [2.05, 4.69) is 4.99 Å². The molecule has 0 aliphatic rings. The van der Waals surface area contributed by atoms with Gasteiger partial charge in [0, 0.05) is 7.05 Å². The lowest BCUT2D eigenvalue weighted by Gasteiger charge is -2.07. The summed E-state index contributed by atoms with van der Waals surface area (Å²) in [6.07, 6.45) is -3.18. The molecule has 1 N–H and O–H groups in total. The molecule has 70 valence electrons. The minimum Gasteiger partial charge on any atom is -0.506 e. The summed E-state index contributed by atoms with van der Waals surface area (Å²) in [5.41, 5.74) is -1.23. The van der Waals surface area contributed by atoms with Crippen molar-refractivity contribution in [2.45, 2.75) is 19.5 Å². The third-order valence-corrected chi connectivity index (χ3v) is 1.13. The molecule has 0 aromatic carbocycles. The minimum atomic E-state index is -4.58. The Balaban J connectivity index is 4.72. The third kappa shape index (κ3) is 2.94. The largest absolute Gasteiger partial charge is 0.506 e. The molecule has 2 nitrogen and oxygen atoms in total. The number of nitrogens with zero attached hydrogens (tertiary/aromatic N) is 1. The molecule has 0 aromatic rings. The highest BCUT2D eigenvalue weighted by atomic mass is 19.4. The summed E-state index contributed by atoms with van der Waals surface area (Å²) in [5, 5.41) is 8.85. The van der Waals surface area contributed by atoms with E-state index in [0.717, 1.165) is 13.1 Å². The molecule has 0 bridgehead atoms. The fourth-order valence-electron chi connectivity index (χ4n) is 0.677. The van der Waals surface area contributed by atoms with Crippen LogP contribution in [0, 0.1) is 0 Å². The van der Waals surface area contributed by atoms with Crippen LogP contribution in [0.25, 0.3) is 0 Å². The van der Waals surface area contributed by atoms with Gasteiger partial charge in [-0.2, -0.15) is 13.2 Å². The Morgan fingerprint density at radius 3 is 2.25 bits per heavy atom. The van der Waals surface area contributed by atoms with E-state index in [1.807, 2.05) is 0 Å². The average molecular weight is 181 g/mol. The highest BCUT2D eigenvalue weighted by Crippen LogP contribution is 2.21. The number of aliphatic hydroxyl groups is 1. The monoisotopic (exact) mass is 181 g/mol. The van der Waals surface area contributed by atoms with Crippen molar-refractivity contribution in [2.24, 2.45) is 4.99 Å². The summed E-state index contributed by atoms with van der Waals surface area (Å²) in [6, 6.07) is 0. The molecular formula is C7H10F3NO. The van der Waals surface area contributed by atoms with Crippen LogP contribution in [0.3, 0.4) is 0 Å². The van der Waals surface area contributed by atoms with Crippen molar-refractivity contribution in [3.05, 3.63) is 11.8 Å². The second kappa shape index (κ2) is 4.13. The van der Waals surface area contributed by atoms with Crippen LogP contribution >= 0.6 is 0 Å². The van der Waals surface area contributed by atoms with E-state index in [9.17, 15) is 13.2 Å². The average Bonchev–Trinajstić information content (AvgIpc) is 1.85. The van der Waals surface area contributed by atoms with Crippen molar-refractivity contribution in [3.63, 3.8) is 0 Å². The zero-order valence-electron chi connectivity index (χ0n) is 6.81. The Hall–Kier alpha value is -1.00. The molecule has 0 atom stereocenters. The zero-order valence-corrected chi connectivity index (χ0v) is 6.81. The van der Waals surface area contributed by atoms with Gasteiger partial charge >= 0.3 is 6.18 Å². The Kier molecular flexibility index (Phi) is 3.79. The van der Waals surface area contributed by atoms with Crippen LogP contribution in [-0.4, -0.2) is 24.0 Å². The zero-order chi connectivity index (χ0) is 9.78. The molecule has 0 rings (SSSR count). The predicted molar refractivity (Wildman–Crippen MR) is 40.4 cm³/mol. The molecule has 0 saturated heterocycles. The van der Waals surface area contributed by atoms with Crippen LogP contribution in [0.2, 0.25) is 0 Å². The van der Waals surface area contributed by atoms with Crippen LogP contribution in [0.4, 0.5) is 13.2 Å². The highest BCUT2D eigenvalue weighted by molar-refractivity contribution is 6.02. The van der Waals surface area contributed by atoms with E-state index >= 15 is 0 Å². The molecule has 0 aromatic heterocycles. The van der Waals surface area contributed by atoms with Crippen molar-refractivity contribution >= 4 is 5.71 Å². The molecule has 5 heteroatoms. The van der Waals surface area contributed by atoms with Crippen LogP contribution in [0.1, 0.15) is 13.3 Å². The molecule has 0 radical (unpaired) electrons. The second-order valence-electron chi connectivity index (χ2n) is 2.07. The number of aliphatic hydroxyl groups excluding tert-OH is 1. The summed E-state index contributed by atoms with van der Waals surface area (Å²) >= 11 is 0. The van der Waals surface area contributed by atoms with Crippen molar-refractivity contribution in [2.75, 3.05) is 7.05 Å². The molecule has 0 saturated carbocycles. The van der Waals surface area contributed by atoms with Gasteiger partial charge in [-0.3, -0.25) is 4.99 Å². The number of halogens is 3. The number of rotatable bonds is 2. The van der Waals surface area contributed by atoms with Gasteiger partial charge in [-0.1, -0.05) is 6.92 Å². The van der Waals surface area contributed by atoms with Gasteiger partial charge in [-0.05, 0) is 12.5 Å². The van der Waals surface area contributed by atoms with Gasteiger partial charge in [-0.15, -0.1) is 0 Å². The van der Waals surface area contributed by atoms with Gasteiger partial charge in [-0.25, -0.2) is 0 Å². The van der Waals surface area contributed by atoms with E-state index in [1.165, 1.54) is 0 Å². The number of alkyl halides is 3. The summed E-state index contributed by atoms with van der Waals surface area (Å²) in [4.78, 5) is 2.95. The fraction of sp³-hybridized carbons (Fsp3) is 0.571. The molecule has 0 amide bonds. The maximum Gasteiger partial charge on any atom is 0.436 e. The van der Waals surface area contributed by atoms with E-state index in [4.69, 9.17) is 5.11 Å². The summed E-state index contributed by atoms with van der Waals surface area (Å²) in [6.45, 7) is 1.62. The smallest absolute Gasteiger partial charge is 0.436 e. The second-order valence-corrected chi connectivity index (χ2v) is 2.07. The Morgan fingerprint density at radius 1 is 1.50 bits per heavy atom. The first-order chi connectivity index (χ1) is 5.43. The molecular weight excluding hydrogens is 171 g/mol. The van der Waals surface area contributed by atoms with Gasteiger partial charge in [0.1, 0.15) is 5.76 Å². The number of hydrogen-bond acceptors (Lipinski definition) is 2. The standard InChI is InChI=1S/C7H10F3NO/c1-3-4-5(12)6(11-2)7(8,9)10/h4,12H,3H2,1-2H3/b5-4+,11-6?. The lowest BCUT2D eigenvalue weighted by molar-refractivity contribution is -0.0598. The maximum absolute atomic E-state index is 12.0. The molecule has 0 fully saturated rings. The first-order valence-electron chi connectivity index (χ1n) is 3.37. The molecule has 0 heterocycles. The number of aliphatic imine (C=N–C) groups is 1. The quantitative estimate of drug-likeness (QED) is 0.515. The van der Waals surface area contributed by atoms with Gasteiger partial charge in [0.25, 0.3) is 0 Å². The van der Waals surface area contributed by atoms with E-state index in [0.29, 0.717) is 6.42 Å². The van der Waals surface area contributed by atoms with Crippen molar-refractivity contribution in [1.82, 2.24) is 0 Å².